The van der Waals surface area contributed by atoms with Gasteiger partial charge in [0, 0.05) is 13.2 Å². The molecule has 0 radical (unpaired) electrons. The van der Waals surface area contributed by atoms with Crippen LogP contribution in [0.25, 0.3) is 0 Å². The van der Waals surface area contributed by atoms with E-state index >= 15 is 0 Å². The van der Waals surface area contributed by atoms with Crippen LogP contribution in [0, 0.1) is 17.8 Å². The molecule has 19 heavy (non-hydrogen) atoms. The predicted octanol–water partition coefficient (Wildman–Crippen LogP) is 1.42. The molecular formula is C14H23NO4. The minimum absolute atomic E-state index is 0.131. The van der Waals surface area contributed by atoms with Gasteiger partial charge in [-0.2, -0.15) is 0 Å². The second-order valence-electron chi connectivity index (χ2n) is 6.25. The van der Waals surface area contributed by atoms with E-state index in [1.165, 1.54) is 0 Å². The van der Waals surface area contributed by atoms with Crippen LogP contribution in [0.3, 0.4) is 0 Å². The van der Waals surface area contributed by atoms with E-state index in [9.17, 15) is 14.7 Å². The van der Waals surface area contributed by atoms with Crippen molar-refractivity contribution >= 4 is 11.9 Å². The molecule has 2 aliphatic rings. The van der Waals surface area contributed by atoms with E-state index in [2.05, 4.69) is 5.32 Å². The fourth-order valence-corrected chi connectivity index (χ4v) is 3.24. The molecule has 1 saturated carbocycles. The molecule has 2 rings (SSSR count). The Morgan fingerprint density at radius 1 is 1.37 bits per heavy atom. The van der Waals surface area contributed by atoms with Crippen molar-refractivity contribution in [3.05, 3.63) is 0 Å². The lowest BCUT2D eigenvalue weighted by atomic mass is 9.94. The fraction of sp³-hybridized carbons (Fsp3) is 0.857. The summed E-state index contributed by atoms with van der Waals surface area (Å²) in [5.41, 5.74) is -0.279. The van der Waals surface area contributed by atoms with Gasteiger partial charge in [-0.05, 0) is 38.5 Å². The van der Waals surface area contributed by atoms with Crippen molar-refractivity contribution < 1.29 is 19.4 Å². The van der Waals surface area contributed by atoms with Crippen molar-refractivity contribution in [3.63, 3.8) is 0 Å². The summed E-state index contributed by atoms with van der Waals surface area (Å²) in [6.07, 6.45) is 3.23. The van der Waals surface area contributed by atoms with Crippen LogP contribution in [0.1, 0.15) is 39.5 Å². The van der Waals surface area contributed by atoms with E-state index in [1.54, 1.807) is 0 Å². The van der Waals surface area contributed by atoms with Crippen molar-refractivity contribution in [3.8, 4) is 0 Å². The minimum Gasteiger partial charge on any atom is -0.481 e. The van der Waals surface area contributed by atoms with Crippen LogP contribution in [-0.4, -0.2) is 35.7 Å². The predicted molar refractivity (Wildman–Crippen MR) is 69.6 cm³/mol. The SMILES string of the molecule is CC1C[C@H](C(=O)NCC2(C)CCCO2)[C@H](C(=O)O)C1. The monoisotopic (exact) mass is 269 g/mol. The lowest BCUT2D eigenvalue weighted by Crippen LogP contribution is -2.43. The van der Waals surface area contributed by atoms with Crippen molar-refractivity contribution in [2.24, 2.45) is 17.8 Å². The summed E-state index contributed by atoms with van der Waals surface area (Å²) < 4.78 is 5.62. The van der Waals surface area contributed by atoms with Crippen LogP contribution >= 0.6 is 0 Å². The highest BCUT2D eigenvalue weighted by Gasteiger charge is 2.41. The van der Waals surface area contributed by atoms with E-state index in [-0.39, 0.29) is 11.5 Å². The molecule has 0 aromatic rings. The third-order valence-electron chi connectivity index (χ3n) is 4.39. The zero-order valence-corrected chi connectivity index (χ0v) is 11.6. The maximum Gasteiger partial charge on any atom is 0.307 e. The van der Waals surface area contributed by atoms with Crippen LogP contribution in [0.5, 0.6) is 0 Å². The number of hydrogen-bond acceptors (Lipinski definition) is 3. The number of nitrogens with one attached hydrogen (secondary N) is 1. The van der Waals surface area contributed by atoms with Crippen molar-refractivity contribution in [2.45, 2.75) is 45.1 Å². The lowest BCUT2D eigenvalue weighted by Gasteiger charge is -2.25. The highest BCUT2D eigenvalue weighted by molar-refractivity contribution is 5.85. The number of amides is 1. The summed E-state index contributed by atoms with van der Waals surface area (Å²) in [5.74, 6) is -1.61. The molecule has 4 atom stereocenters. The number of carbonyl (C=O) groups is 2. The van der Waals surface area contributed by atoms with Gasteiger partial charge in [0.25, 0.3) is 0 Å². The minimum atomic E-state index is -0.854. The van der Waals surface area contributed by atoms with Gasteiger partial charge in [0.05, 0.1) is 17.4 Å². The first kappa shape index (κ1) is 14.3. The average molecular weight is 269 g/mol. The Morgan fingerprint density at radius 3 is 2.63 bits per heavy atom. The first-order valence-electron chi connectivity index (χ1n) is 7.06. The van der Waals surface area contributed by atoms with Crippen LogP contribution in [0.4, 0.5) is 0 Å². The molecule has 108 valence electrons. The fourth-order valence-electron chi connectivity index (χ4n) is 3.24. The molecule has 5 nitrogen and oxygen atoms in total. The smallest absolute Gasteiger partial charge is 0.307 e. The first-order chi connectivity index (χ1) is 8.91. The van der Waals surface area contributed by atoms with Gasteiger partial charge in [0.15, 0.2) is 0 Å². The number of hydrogen-bond donors (Lipinski definition) is 2. The molecule has 0 aromatic heterocycles. The van der Waals surface area contributed by atoms with E-state index in [1.807, 2.05) is 13.8 Å². The second-order valence-corrected chi connectivity index (χ2v) is 6.25. The normalized spacial score (nSPS) is 38.3. The van der Waals surface area contributed by atoms with Crippen LogP contribution in [0.2, 0.25) is 0 Å². The molecule has 1 amide bonds. The molecule has 1 saturated heterocycles. The summed E-state index contributed by atoms with van der Waals surface area (Å²) in [6, 6.07) is 0. The van der Waals surface area contributed by atoms with Crippen LogP contribution < -0.4 is 5.32 Å². The van der Waals surface area contributed by atoms with Gasteiger partial charge in [-0.15, -0.1) is 0 Å². The summed E-state index contributed by atoms with van der Waals surface area (Å²) in [4.78, 5) is 23.4. The summed E-state index contributed by atoms with van der Waals surface area (Å²) in [7, 11) is 0. The van der Waals surface area contributed by atoms with E-state index in [0.29, 0.717) is 25.3 Å². The van der Waals surface area contributed by atoms with Crippen molar-refractivity contribution in [1.29, 1.82) is 0 Å². The molecule has 1 aliphatic heterocycles. The van der Waals surface area contributed by atoms with Gasteiger partial charge in [-0.3, -0.25) is 9.59 Å². The van der Waals surface area contributed by atoms with Gasteiger partial charge in [0.2, 0.25) is 5.91 Å². The second kappa shape index (κ2) is 5.49. The Hall–Kier alpha value is -1.10. The highest BCUT2D eigenvalue weighted by Crippen LogP contribution is 2.36. The quantitative estimate of drug-likeness (QED) is 0.809. The molecule has 1 heterocycles. The Kier molecular flexibility index (Phi) is 4.13. The Bertz CT molecular complexity index is 362. The number of carbonyl (C=O) groups excluding carboxylic acids is 1. The highest BCUT2D eigenvalue weighted by atomic mass is 16.5. The van der Waals surface area contributed by atoms with Gasteiger partial charge in [-0.1, -0.05) is 6.92 Å². The first-order valence-corrected chi connectivity index (χ1v) is 7.06. The Labute approximate surface area is 113 Å². The molecule has 1 aliphatic carbocycles. The number of rotatable bonds is 4. The van der Waals surface area contributed by atoms with Gasteiger partial charge in [-0.25, -0.2) is 0 Å². The van der Waals surface area contributed by atoms with E-state index in [4.69, 9.17) is 4.74 Å². The lowest BCUT2D eigenvalue weighted by molar-refractivity contribution is -0.146. The number of ether oxygens (including phenoxy) is 1. The van der Waals surface area contributed by atoms with Gasteiger partial charge in [0.1, 0.15) is 0 Å². The summed E-state index contributed by atoms with van der Waals surface area (Å²) in [5, 5.41) is 12.1. The van der Waals surface area contributed by atoms with Gasteiger partial charge < -0.3 is 15.2 Å². The number of carboxylic acid groups (broad SMARTS) is 1. The number of aliphatic carboxylic acids is 1. The van der Waals surface area contributed by atoms with Crippen LogP contribution in [0.15, 0.2) is 0 Å². The molecule has 2 N–H and O–H groups in total. The molecule has 2 unspecified atom stereocenters. The Morgan fingerprint density at radius 2 is 2.05 bits per heavy atom. The third-order valence-corrected chi connectivity index (χ3v) is 4.39. The van der Waals surface area contributed by atoms with Crippen molar-refractivity contribution in [1.82, 2.24) is 5.32 Å². The maximum absolute atomic E-state index is 12.2. The molecule has 0 bridgehead atoms. The largest absolute Gasteiger partial charge is 0.481 e. The zero-order valence-electron chi connectivity index (χ0n) is 11.6. The summed E-state index contributed by atoms with van der Waals surface area (Å²) >= 11 is 0. The molecule has 5 heteroatoms. The third kappa shape index (κ3) is 3.26. The topological polar surface area (TPSA) is 75.6 Å². The van der Waals surface area contributed by atoms with Crippen LogP contribution in [-0.2, 0) is 14.3 Å². The standard InChI is InChI=1S/C14H23NO4/c1-9-6-10(11(7-9)13(17)18)12(16)15-8-14(2)4-3-5-19-14/h9-11H,3-8H2,1-2H3,(H,15,16)(H,17,18)/t9?,10-,11+,14?/m0/s1. The zero-order chi connectivity index (χ0) is 14.0. The summed E-state index contributed by atoms with van der Waals surface area (Å²) in [6.45, 7) is 5.21. The average Bonchev–Trinajstić information content (AvgIpc) is 2.93. The van der Waals surface area contributed by atoms with Gasteiger partial charge >= 0.3 is 5.97 Å². The molecule has 0 aromatic carbocycles. The molecular weight excluding hydrogens is 246 g/mol. The maximum atomic E-state index is 12.2. The van der Waals surface area contributed by atoms with Crippen molar-refractivity contribution in [2.75, 3.05) is 13.2 Å². The number of carboxylic acids is 1. The molecule has 2 fully saturated rings. The Balaban J connectivity index is 1.90. The van der Waals surface area contributed by atoms with E-state index in [0.717, 1.165) is 19.4 Å². The van der Waals surface area contributed by atoms with E-state index < -0.39 is 17.8 Å². The molecule has 0 spiro atoms.